The van der Waals surface area contributed by atoms with Gasteiger partial charge in [0.05, 0.1) is 0 Å². The molecule has 1 fully saturated rings. The molecule has 5 heteroatoms. The molecule has 1 aliphatic carbocycles. The van der Waals surface area contributed by atoms with Crippen LogP contribution in [0, 0.1) is 0 Å². The SMILES string of the molecule is CCC(C)NC(N)=NCCCC(=O)OC1CCCC1. The van der Waals surface area contributed by atoms with Crippen LogP contribution in [0.15, 0.2) is 4.99 Å². The van der Waals surface area contributed by atoms with Crippen LogP contribution in [0.5, 0.6) is 0 Å². The lowest BCUT2D eigenvalue weighted by molar-refractivity contribution is -0.148. The highest BCUT2D eigenvalue weighted by atomic mass is 16.5. The minimum Gasteiger partial charge on any atom is -0.462 e. The first-order valence-electron chi connectivity index (χ1n) is 7.37. The number of ether oxygens (including phenoxy) is 1. The number of guanidine groups is 1. The molecule has 0 aromatic rings. The van der Waals surface area contributed by atoms with E-state index in [1.165, 1.54) is 12.8 Å². The lowest BCUT2D eigenvalue weighted by atomic mass is 10.3. The molecule has 0 aliphatic heterocycles. The van der Waals surface area contributed by atoms with Crippen molar-refractivity contribution >= 4 is 11.9 Å². The van der Waals surface area contributed by atoms with E-state index < -0.39 is 0 Å². The van der Waals surface area contributed by atoms with Gasteiger partial charge in [-0.25, -0.2) is 0 Å². The van der Waals surface area contributed by atoms with Crippen molar-refractivity contribution in [3.8, 4) is 0 Å². The topological polar surface area (TPSA) is 76.7 Å². The van der Waals surface area contributed by atoms with Gasteiger partial charge in [-0.15, -0.1) is 0 Å². The number of aliphatic imine (C=N–C) groups is 1. The number of nitrogens with zero attached hydrogens (tertiary/aromatic N) is 1. The summed E-state index contributed by atoms with van der Waals surface area (Å²) in [6.07, 6.45) is 6.69. The summed E-state index contributed by atoms with van der Waals surface area (Å²) in [6, 6.07) is 0.330. The second-order valence-electron chi connectivity index (χ2n) is 5.22. The molecule has 110 valence electrons. The van der Waals surface area contributed by atoms with Gasteiger partial charge in [-0.05, 0) is 45.4 Å². The first kappa shape index (κ1) is 15.8. The van der Waals surface area contributed by atoms with Crippen LogP contribution in [-0.2, 0) is 9.53 Å². The lowest BCUT2D eigenvalue weighted by Crippen LogP contribution is -2.38. The van der Waals surface area contributed by atoms with Gasteiger partial charge in [0.1, 0.15) is 6.10 Å². The Kier molecular flexibility index (Phi) is 7.30. The summed E-state index contributed by atoms with van der Waals surface area (Å²) in [5.74, 6) is 0.356. The fourth-order valence-corrected chi connectivity index (χ4v) is 2.07. The minimum absolute atomic E-state index is 0.101. The summed E-state index contributed by atoms with van der Waals surface area (Å²) >= 11 is 0. The van der Waals surface area contributed by atoms with Crippen molar-refractivity contribution in [1.82, 2.24) is 5.32 Å². The molecule has 1 saturated carbocycles. The van der Waals surface area contributed by atoms with Crippen molar-refractivity contribution in [3.05, 3.63) is 0 Å². The maximum absolute atomic E-state index is 11.6. The van der Waals surface area contributed by atoms with E-state index in [1.807, 2.05) is 0 Å². The minimum atomic E-state index is -0.101. The number of hydrogen-bond donors (Lipinski definition) is 2. The van der Waals surface area contributed by atoms with Crippen LogP contribution in [0.25, 0.3) is 0 Å². The predicted octanol–water partition coefficient (Wildman–Crippen LogP) is 1.96. The predicted molar refractivity (Wildman–Crippen MR) is 77.0 cm³/mol. The highest BCUT2D eigenvalue weighted by Crippen LogP contribution is 2.21. The van der Waals surface area contributed by atoms with Crippen LogP contribution in [0.3, 0.4) is 0 Å². The summed E-state index contributed by atoms with van der Waals surface area (Å²) in [4.78, 5) is 15.7. The Morgan fingerprint density at radius 1 is 1.47 bits per heavy atom. The number of nitrogens with one attached hydrogen (secondary N) is 1. The maximum Gasteiger partial charge on any atom is 0.306 e. The van der Waals surface area contributed by atoms with Gasteiger partial charge in [0, 0.05) is 19.0 Å². The molecule has 5 nitrogen and oxygen atoms in total. The molecule has 0 aromatic heterocycles. The number of carbonyl (C=O) groups is 1. The number of hydrogen-bond acceptors (Lipinski definition) is 3. The van der Waals surface area contributed by atoms with Crippen LogP contribution in [-0.4, -0.2) is 30.6 Å². The molecule has 1 rings (SSSR count). The fraction of sp³-hybridized carbons (Fsp3) is 0.857. The molecule has 0 aromatic carbocycles. The van der Waals surface area contributed by atoms with Gasteiger partial charge in [0.2, 0.25) is 0 Å². The Morgan fingerprint density at radius 2 is 2.16 bits per heavy atom. The normalized spacial score (nSPS) is 18.3. The Hall–Kier alpha value is -1.26. The van der Waals surface area contributed by atoms with Gasteiger partial charge in [0.15, 0.2) is 5.96 Å². The lowest BCUT2D eigenvalue weighted by Gasteiger charge is -2.12. The molecular weight excluding hydrogens is 242 g/mol. The third-order valence-electron chi connectivity index (χ3n) is 3.43. The smallest absolute Gasteiger partial charge is 0.306 e. The average molecular weight is 269 g/mol. The fourth-order valence-electron chi connectivity index (χ4n) is 2.07. The van der Waals surface area contributed by atoms with Crippen LogP contribution in [0.1, 0.15) is 58.8 Å². The average Bonchev–Trinajstić information content (AvgIpc) is 2.87. The molecule has 1 atom stereocenters. The molecule has 0 bridgehead atoms. The van der Waals surface area contributed by atoms with Crippen LogP contribution < -0.4 is 11.1 Å². The molecule has 0 spiro atoms. The molecule has 0 heterocycles. The van der Waals surface area contributed by atoms with E-state index in [0.717, 1.165) is 19.3 Å². The first-order valence-corrected chi connectivity index (χ1v) is 7.37. The zero-order chi connectivity index (χ0) is 14.1. The van der Waals surface area contributed by atoms with Gasteiger partial charge in [-0.1, -0.05) is 6.92 Å². The molecule has 1 unspecified atom stereocenters. The van der Waals surface area contributed by atoms with E-state index in [-0.39, 0.29) is 12.1 Å². The number of carbonyl (C=O) groups excluding carboxylic acids is 1. The van der Waals surface area contributed by atoms with Crippen molar-refractivity contribution in [2.24, 2.45) is 10.7 Å². The van der Waals surface area contributed by atoms with Crippen molar-refractivity contribution < 1.29 is 9.53 Å². The zero-order valence-corrected chi connectivity index (χ0v) is 12.2. The van der Waals surface area contributed by atoms with E-state index in [4.69, 9.17) is 10.5 Å². The Balaban J connectivity index is 2.08. The van der Waals surface area contributed by atoms with E-state index in [0.29, 0.717) is 31.4 Å². The summed E-state index contributed by atoms with van der Waals surface area (Å²) in [6.45, 7) is 4.71. The highest BCUT2D eigenvalue weighted by molar-refractivity contribution is 5.78. The van der Waals surface area contributed by atoms with Gasteiger partial charge in [-0.2, -0.15) is 0 Å². The number of rotatable bonds is 7. The molecular formula is C14H27N3O2. The van der Waals surface area contributed by atoms with Crippen LogP contribution in [0.4, 0.5) is 0 Å². The standard InChI is InChI=1S/C14H27N3O2/c1-3-11(2)17-14(15)16-10-6-9-13(18)19-12-7-4-5-8-12/h11-12H,3-10H2,1-2H3,(H3,15,16,17). The Morgan fingerprint density at radius 3 is 2.79 bits per heavy atom. The third kappa shape index (κ3) is 7.03. The number of nitrogens with two attached hydrogens (primary N) is 1. The van der Waals surface area contributed by atoms with Crippen molar-refractivity contribution in [1.29, 1.82) is 0 Å². The molecule has 0 radical (unpaired) electrons. The first-order chi connectivity index (χ1) is 9.11. The molecule has 19 heavy (non-hydrogen) atoms. The molecule has 3 N–H and O–H groups in total. The molecule has 0 amide bonds. The highest BCUT2D eigenvalue weighted by Gasteiger charge is 2.18. The van der Waals surface area contributed by atoms with Gasteiger partial charge < -0.3 is 15.8 Å². The van der Waals surface area contributed by atoms with E-state index in [9.17, 15) is 4.79 Å². The quantitative estimate of drug-likeness (QED) is 0.320. The van der Waals surface area contributed by atoms with E-state index in [2.05, 4.69) is 24.2 Å². The van der Waals surface area contributed by atoms with Gasteiger partial charge in [0.25, 0.3) is 0 Å². The van der Waals surface area contributed by atoms with Gasteiger partial charge in [-0.3, -0.25) is 9.79 Å². The second kappa shape index (κ2) is 8.77. The van der Waals surface area contributed by atoms with Crippen molar-refractivity contribution in [3.63, 3.8) is 0 Å². The summed E-state index contributed by atoms with van der Waals surface area (Å²) in [7, 11) is 0. The van der Waals surface area contributed by atoms with Crippen molar-refractivity contribution in [2.45, 2.75) is 70.9 Å². The van der Waals surface area contributed by atoms with Gasteiger partial charge >= 0.3 is 5.97 Å². The summed E-state index contributed by atoms with van der Waals surface area (Å²) < 4.78 is 5.37. The van der Waals surface area contributed by atoms with Crippen LogP contribution in [0.2, 0.25) is 0 Å². The van der Waals surface area contributed by atoms with Crippen molar-refractivity contribution in [2.75, 3.05) is 6.54 Å². The molecule has 0 saturated heterocycles. The monoisotopic (exact) mass is 269 g/mol. The maximum atomic E-state index is 11.6. The second-order valence-corrected chi connectivity index (χ2v) is 5.22. The largest absolute Gasteiger partial charge is 0.462 e. The zero-order valence-electron chi connectivity index (χ0n) is 12.2. The Labute approximate surface area is 116 Å². The number of esters is 1. The molecule has 1 aliphatic rings. The van der Waals surface area contributed by atoms with E-state index in [1.54, 1.807) is 0 Å². The van der Waals surface area contributed by atoms with E-state index >= 15 is 0 Å². The third-order valence-corrected chi connectivity index (χ3v) is 3.43. The summed E-state index contributed by atoms with van der Waals surface area (Å²) in [5.41, 5.74) is 5.72. The Bertz CT molecular complexity index is 299. The van der Waals surface area contributed by atoms with Crippen LogP contribution >= 0.6 is 0 Å². The summed E-state index contributed by atoms with van der Waals surface area (Å²) in [5, 5.41) is 3.09.